The molecule has 33 heavy (non-hydrogen) atoms. The number of hydrazone groups is 1. The Kier molecular flexibility index (Phi) is 6.58. The Morgan fingerprint density at radius 2 is 1.61 bits per heavy atom. The first-order valence-electron chi connectivity index (χ1n) is 10.3. The Morgan fingerprint density at radius 3 is 2.06 bits per heavy atom. The zero-order valence-electron chi connectivity index (χ0n) is 19.6. The summed E-state index contributed by atoms with van der Waals surface area (Å²) in [6, 6.07) is 9.75. The molecule has 0 spiro atoms. The minimum Gasteiger partial charge on any atom is -0.507 e. The van der Waals surface area contributed by atoms with Gasteiger partial charge in [0.1, 0.15) is 11.1 Å². The van der Waals surface area contributed by atoms with Gasteiger partial charge >= 0.3 is 0 Å². The third kappa shape index (κ3) is 5.51. The van der Waals surface area contributed by atoms with Gasteiger partial charge in [0.2, 0.25) is 16.0 Å². The molecule has 1 atom stereocenters. The molecule has 2 aromatic rings. The number of benzene rings is 2. The van der Waals surface area contributed by atoms with Crippen molar-refractivity contribution in [3.8, 4) is 5.75 Å². The lowest BCUT2D eigenvalue weighted by molar-refractivity contribution is 0.414. The van der Waals surface area contributed by atoms with Crippen molar-refractivity contribution in [1.82, 2.24) is 5.01 Å². The Labute approximate surface area is 199 Å². The van der Waals surface area contributed by atoms with Crippen molar-refractivity contribution < 1.29 is 13.5 Å². The molecule has 1 aliphatic heterocycles. The van der Waals surface area contributed by atoms with Gasteiger partial charge in [-0.2, -0.15) is 5.10 Å². The van der Waals surface area contributed by atoms with Crippen LogP contribution in [0.1, 0.15) is 63.6 Å². The number of guanidine groups is 1. The van der Waals surface area contributed by atoms with Crippen molar-refractivity contribution in [1.29, 1.82) is 0 Å². The summed E-state index contributed by atoms with van der Waals surface area (Å²) in [4.78, 5) is 4.38. The molecule has 5 N–H and O–H groups in total. The summed E-state index contributed by atoms with van der Waals surface area (Å²) in [5.74, 6) is 0.429. The summed E-state index contributed by atoms with van der Waals surface area (Å²) in [5.41, 5.74) is 11.7. The van der Waals surface area contributed by atoms with Crippen molar-refractivity contribution in [2.75, 3.05) is 0 Å². The van der Waals surface area contributed by atoms with Crippen LogP contribution in [0.2, 0.25) is 0 Å². The molecule has 0 saturated heterocycles. The SMILES string of the molecule is CC(C)(C)c1cc(C2S[C]=NN2C(N)=Nc2ccc(S(N)(=O)=O)cc2)cc(C(C)(C)C)c1O. The van der Waals surface area contributed by atoms with E-state index in [1.54, 1.807) is 5.01 Å². The van der Waals surface area contributed by atoms with E-state index >= 15 is 0 Å². The van der Waals surface area contributed by atoms with Crippen LogP contribution in [0.5, 0.6) is 5.75 Å². The summed E-state index contributed by atoms with van der Waals surface area (Å²) in [5, 5.41) is 21.7. The monoisotopic (exact) mass is 488 g/mol. The molecule has 0 fully saturated rings. The van der Waals surface area contributed by atoms with E-state index in [0.29, 0.717) is 11.4 Å². The quantitative estimate of drug-likeness (QED) is 0.439. The van der Waals surface area contributed by atoms with Gasteiger partial charge in [-0.15, -0.1) is 0 Å². The van der Waals surface area contributed by atoms with Crippen molar-refractivity contribution >= 4 is 39.0 Å². The highest BCUT2D eigenvalue weighted by atomic mass is 32.2. The lowest BCUT2D eigenvalue weighted by Gasteiger charge is -2.30. The summed E-state index contributed by atoms with van der Waals surface area (Å²) in [6.45, 7) is 12.3. The van der Waals surface area contributed by atoms with Gasteiger partial charge in [0.05, 0.1) is 10.6 Å². The fourth-order valence-corrected chi connectivity index (χ4v) is 4.71. The molecule has 1 aliphatic rings. The Morgan fingerprint density at radius 1 is 1.09 bits per heavy atom. The number of nitrogens with two attached hydrogens (primary N) is 2. The molecule has 0 bridgehead atoms. The fraction of sp³-hybridized carbons (Fsp3) is 0.391. The molecule has 177 valence electrons. The van der Waals surface area contributed by atoms with E-state index in [-0.39, 0.29) is 27.1 Å². The predicted molar refractivity (Wildman–Crippen MR) is 134 cm³/mol. The van der Waals surface area contributed by atoms with Crippen LogP contribution in [0, 0.1) is 0 Å². The number of rotatable bonds is 3. The summed E-state index contributed by atoms with van der Waals surface area (Å²) >= 11 is 1.36. The average molecular weight is 489 g/mol. The minimum atomic E-state index is -3.79. The maximum Gasteiger partial charge on any atom is 0.238 e. The van der Waals surface area contributed by atoms with Gasteiger partial charge in [0.15, 0.2) is 5.55 Å². The first kappa shape index (κ1) is 25.1. The summed E-state index contributed by atoms with van der Waals surface area (Å²) in [6.07, 6.45) is 0. The summed E-state index contributed by atoms with van der Waals surface area (Å²) < 4.78 is 22.9. The number of phenols is 1. The average Bonchev–Trinajstić information content (AvgIpc) is 3.16. The van der Waals surface area contributed by atoms with Crippen molar-refractivity contribution in [2.24, 2.45) is 21.0 Å². The van der Waals surface area contributed by atoms with Gasteiger partial charge in [-0.3, -0.25) is 0 Å². The highest BCUT2D eigenvalue weighted by Gasteiger charge is 2.32. The van der Waals surface area contributed by atoms with E-state index in [1.165, 1.54) is 36.0 Å². The Balaban J connectivity index is 2.01. The van der Waals surface area contributed by atoms with Crippen LogP contribution in [0.25, 0.3) is 0 Å². The molecule has 1 heterocycles. The molecule has 0 amide bonds. The number of primary sulfonamides is 1. The van der Waals surface area contributed by atoms with E-state index in [2.05, 4.69) is 57.2 Å². The first-order valence-corrected chi connectivity index (χ1v) is 12.8. The van der Waals surface area contributed by atoms with Crippen molar-refractivity contribution in [2.45, 2.75) is 62.6 Å². The molecular formula is C23H30N5O3S2. The van der Waals surface area contributed by atoms with Crippen molar-refractivity contribution in [3.63, 3.8) is 0 Å². The molecule has 3 rings (SSSR count). The van der Waals surface area contributed by atoms with E-state index < -0.39 is 10.0 Å². The second kappa shape index (κ2) is 8.66. The van der Waals surface area contributed by atoms with Crippen molar-refractivity contribution in [3.05, 3.63) is 53.1 Å². The standard InChI is InChI=1S/C23H30N5O3S2/c1-22(2,3)17-11-14(12-18(19(17)29)23(4,5)6)20-28(26-13-32-20)21(24)27-15-7-9-16(10-8-15)33(25,30)31/h7-12,20,29H,1-6H3,(H2,24,27)(H2,25,30,31). The largest absolute Gasteiger partial charge is 0.507 e. The van der Waals surface area contributed by atoms with E-state index in [4.69, 9.17) is 10.9 Å². The molecule has 1 unspecified atom stereocenters. The first-order chi connectivity index (χ1) is 15.1. The number of aliphatic imine (C=N–C) groups is 1. The van der Waals surface area contributed by atoms with Crippen LogP contribution in [0.4, 0.5) is 5.69 Å². The zero-order chi connectivity index (χ0) is 24.8. The van der Waals surface area contributed by atoms with Crippen LogP contribution in [-0.2, 0) is 20.9 Å². The molecule has 2 aromatic carbocycles. The smallest absolute Gasteiger partial charge is 0.238 e. The lowest BCUT2D eigenvalue weighted by Crippen LogP contribution is -2.33. The topological polar surface area (TPSA) is 134 Å². The number of hydrogen-bond donors (Lipinski definition) is 3. The predicted octanol–water partition coefficient (Wildman–Crippen LogP) is 4.15. The van der Waals surface area contributed by atoms with Gasteiger partial charge in [0.25, 0.3) is 0 Å². The molecule has 0 saturated carbocycles. The third-order valence-corrected chi connectivity index (χ3v) is 7.02. The number of hydrogen-bond acceptors (Lipinski definition) is 6. The van der Waals surface area contributed by atoms with E-state index in [9.17, 15) is 13.5 Å². The number of phenolic OH excluding ortho intramolecular Hbond substituents is 1. The normalized spacial score (nSPS) is 17.6. The number of thioether (sulfide) groups is 1. The number of aromatic hydroxyl groups is 1. The van der Waals surface area contributed by atoms with Crippen LogP contribution in [0.15, 0.2) is 51.4 Å². The number of nitrogens with zero attached hydrogens (tertiary/aromatic N) is 3. The maximum atomic E-state index is 11.5. The molecule has 1 radical (unpaired) electrons. The van der Waals surface area contributed by atoms with Gasteiger partial charge in [-0.05, 0) is 63.9 Å². The Bertz CT molecular complexity index is 1170. The molecule has 8 nitrogen and oxygen atoms in total. The van der Waals surface area contributed by atoms with Crippen LogP contribution in [-0.4, -0.2) is 30.0 Å². The molecule has 10 heteroatoms. The van der Waals surface area contributed by atoms with E-state index in [1.807, 2.05) is 12.1 Å². The molecular weight excluding hydrogens is 458 g/mol. The van der Waals surface area contributed by atoms with Crippen LogP contribution < -0.4 is 10.9 Å². The lowest BCUT2D eigenvalue weighted by atomic mass is 9.78. The third-order valence-electron chi connectivity index (χ3n) is 5.21. The van der Waals surface area contributed by atoms with Crippen LogP contribution >= 0.6 is 11.8 Å². The maximum absolute atomic E-state index is 11.5. The second-order valence-electron chi connectivity index (χ2n) is 9.98. The zero-order valence-corrected chi connectivity index (χ0v) is 21.3. The highest BCUT2D eigenvalue weighted by molar-refractivity contribution is 8.12. The summed E-state index contributed by atoms with van der Waals surface area (Å²) in [7, 11) is -3.79. The molecule has 0 aromatic heterocycles. The van der Waals surface area contributed by atoms with Gasteiger partial charge < -0.3 is 10.8 Å². The highest BCUT2D eigenvalue weighted by Crippen LogP contribution is 2.44. The van der Waals surface area contributed by atoms with Gasteiger partial charge in [-0.25, -0.2) is 23.6 Å². The number of sulfonamides is 1. The van der Waals surface area contributed by atoms with Gasteiger partial charge in [0, 0.05) is 0 Å². The van der Waals surface area contributed by atoms with E-state index in [0.717, 1.165) is 16.7 Å². The minimum absolute atomic E-state index is 0.00510. The fourth-order valence-electron chi connectivity index (χ4n) is 3.44. The van der Waals surface area contributed by atoms with Gasteiger partial charge in [-0.1, -0.05) is 53.3 Å². The second-order valence-corrected chi connectivity index (χ2v) is 12.4. The Hall–Kier alpha value is -2.56. The van der Waals surface area contributed by atoms with Crippen LogP contribution in [0.3, 0.4) is 0 Å². The molecule has 0 aliphatic carbocycles.